The van der Waals surface area contributed by atoms with Gasteiger partial charge in [-0.05, 0) is 20.6 Å². The lowest BCUT2D eigenvalue weighted by atomic mass is 10.7. The lowest BCUT2D eigenvalue weighted by Crippen LogP contribution is -2.29. The molecule has 0 aromatic carbocycles. The Morgan fingerprint density at radius 2 is 1.73 bits per heavy atom. The van der Waals surface area contributed by atoms with Crippen LogP contribution in [0.5, 0.6) is 0 Å². The third kappa shape index (κ3) is 26.6. The van der Waals surface area contributed by atoms with Crippen molar-refractivity contribution in [3.8, 4) is 0 Å². The van der Waals surface area contributed by atoms with E-state index in [9.17, 15) is 4.79 Å². The number of rotatable bonds is 3. The van der Waals surface area contributed by atoms with Crippen LogP contribution in [0.3, 0.4) is 0 Å². The summed E-state index contributed by atoms with van der Waals surface area (Å²) in [5.74, 6) is -0.00523. The number of hydrogen-bond donors (Lipinski definition) is 3. The Balaban J connectivity index is 0. The summed E-state index contributed by atoms with van der Waals surface area (Å²) in [4.78, 5) is 10.1. The number of carbonyl (C=O) groups is 1. The predicted octanol–water partition coefficient (Wildman–Crippen LogP) is -0.475. The zero-order chi connectivity index (χ0) is 9.11. The molecular formula is C7H19N3O. The molecule has 0 atom stereocenters. The molecule has 1 amide bonds. The normalized spacial score (nSPS) is 8.00. The molecule has 0 aliphatic rings. The second kappa shape index (κ2) is 12.1. The molecule has 0 unspecified atom stereocenters. The Morgan fingerprint density at radius 3 is 1.82 bits per heavy atom. The third-order valence-corrected chi connectivity index (χ3v) is 0.868. The first-order valence-electron chi connectivity index (χ1n) is 3.72. The van der Waals surface area contributed by atoms with Gasteiger partial charge >= 0.3 is 0 Å². The van der Waals surface area contributed by atoms with Gasteiger partial charge in [0.25, 0.3) is 0 Å². The van der Waals surface area contributed by atoms with Gasteiger partial charge in [0.15, 0.2) is 0 Å². The quantitative estimate of drug-likeness (QED) is 0.490. The molecule has 68 valence electrons. The highest BCUT2D eigenvalue weighted by atomic mass is 16.1. The lowest BCUT2D eigenvalue weighted by molar-refractivity contribution is -0.119. The van der Waals surface area contributed by atoms with Crippen LogP contribution in [0.25, 0.3) is 0 Å². The molecule has 0 aliphatic carbocycles. The number of amides is 1. The van der Waals surface area contributed by atoms with Crippen LogP contribution in [0.1, 0.15) is 13.8 Å². The van der Waals surface area contributed by atoms with Crippen molar-refractivity contribution in [3.63, 3.8) is 0 Å². The first-order chi connectivity index (χ1) is 5.18. The van der Waals surface area contributed by atoms with E-state index >= 15 is 0 Å². The summed E-state index contributed by atoms with van der Waals surface area (Å²) < 4.78 is 0. The predicted molar refractivity (Wildman–Crippen MR) is 47.3 cm³/mol. The van der Waals surface area contributed by atoms with E-state index in [-0.39, 0.29) is 5.91 Å². The Hall–Kier alpha value is -0.610. The Kier molecular flexibility index (Phi) is 14.3. The molecule has 0 heterocycles. The zero-order valence-electron chi connectivity index (χ0n) is 7.82. The number of carbonyl (C=O) groups excluding carboxylic acids is 1. The highest BCUT2D eigenvalue weighted by Crippen LogP contribution is 1.52. The van der Waals surface area contributed by atoms with E-state index in [0.717, 1.165) is 6.54 Å². The van der Waals surface area contributed by atoms with Gasteiger partial charge in [-0.15, -0.1) is 0 Å². The van der Waals surface area contributed by atoms with Gasteiger partial charge in [0, 0.05) is 6.92 Å². The van der Waals surface area contributed by atoms with Gasteiger partial charge in [0.05, 0.1) is 6.67 Å². The maximum Gasteiger partial charge on any atom is 0.217 e. The number of nitrogens with one attached hydrogen (secondary N) is 3. The van der Waals surface area contributed by atoms with Gasteiger partial charge in [-0.25, -0.2) is 0 Å². The molecule has 0 spiro atoms. The molecule has 0 bridgehead atoms. The van der Waals surface area contributed by atoms with Crippen LogP contribution in [0.2, 0.25) is 0 Å². The van der Waals surface area contributed by atoms with Crippen LogP contribution in [0.15, 0.2) is 0 Å². The third-order valence-electron chi connectivity index (χ3n) is 0.868. The first-order valence-corrected chi connectivity index (χ1v) is 3.72. The fourth-order valence-corrected chi connectivity index (χ4v) is 0.213. The van der Waals surface area contributed by atoms with Crippen LogP contribution in [0, 0.1) is 0 Å². The van der Waals surface area contributed by atoms with E-state index in [1.807, 2.05) is 7.05 Å². The van der Waals surface area contributed by atoms with Crippen LogP contribution >= 0.6 is 0 Å². The fraction of sp³-hybridized carbons (Fsp3) is 0.857. The lowest BCUT2D eigenvalue weighted by Gasteiger charge is -1.95. The largest absolute Gasteiger partial charge is 0.344 e. The van der Waals surface area contributed by atoms with Crippen molar-refractivity contribution in [1.29, 1.82) is 0 Å². The SMILES string of the molecule is CCNC.CNCNC(C)=O. The van der Waals surface area contributed by atoms with Gasteiger partial charge in [0.1, 0.15) is 0 Å². The van der Waals surface area contributed by atoms with Gasteiger partial charge in [-0.3, -0.25) is 4.79 Å². The summed E-state index contributed by atoms with van der Waals surface area (Å²) in [6.45, 7) is 5.17. The highest BCUT2D eigenvalue weighted by molar-refractivity contribution is 5.72. The monoisotopic (exact) mass is 161 g/mol. The molecule has 0 aromatic rings. The van der Waals surface area contributed by atoms with Crippen LogP contribution in [-0.2, 0) is 4.79 Å². The summed E-state index contributed by atoms with van der Waals surface area (Å²) in [6.07, 6.45) is 0. The molecule has 4 nitrogen and oxygen atoms in total. The molecule has 0 aliphatic heterocycles. The van der Waals surface area contributed by atoms with Crippen molar-refractivity contribution < 1.29 is 4.79 Å². The van der Waals surface area contributed by atoms with E-state index < -0.39 is 0 Å². The molecule has 4 heteroatoms. The van der Waals surface area contributed by atoms with Crippen molar-refractivity contribution >= 4 is 5.91 Å². The molecule has 0 rings (SSSR count). The molecule has 3 N–H and O–H groups in total. The van der Waals surface area contributed by atoms with Crippen molar-refractivity contribution in [2.45, 2.75) is 13.8 Å². The van der Waals surface area contributed by atoms with E-state index in [1.54, 1.807) is 7.05 Å². The van der Waals surface area contributed by atoms with E-state index in [2.05, 4.69) is 22.9 Å². The summed E-state index contributed by atoms with van der Waals surface area (Å²) in [7, 11) is 3.70. The molecule has 0 radical (unpaired) electrons. The van der Waals surface area contributed by atoms with Crippen molar-refractivity contribution in [2.24, 2.45) is 0 Å². The topological polar surface area (TPSA) is 53.2 Å². The van der Waals surface area contributed by atoms with Crippen molar-refractivity contribution in [2.75, 3.05) is 27.3 Å². The molecule has 0 saturated carbocycles. The Morgan fingerprint density at radius 1 is 1.27 bits per heavy atom. The molecule has 0 aromatic heterocycles. The summed E-state index contributed by atoms with van der Waals surface area (Å²) in [5.41, 5.74) is 0. The molecule has 0 fully saturated rings. The standard InChI is InChI=1S/C4H10N2O.C3H9N/c1-4(7)6-3-5-2;1-3-4-2/h5H,3H2,1-2H3,(H,6,7);4H,3H2,1-2H3. The fourth-order valence-electron chi connectivity index (χ4n) is 0.213. The van der Waals surface area contributed by atoms with Gasteiger partial charge < -0.3 is 16.0 Å². The average molecular weight is 161 g/mol. The van der Waals surface area contributed by atoms with E-state index in [0.29, 0.717) is 6.67 Å². The van der Waals surface area contributed by atoms with Crippen molar-refractivity contribution in [1.82, 2.24) is 16.0 Å². The molecular weight excluding hydrogens is 142 g/mol. The maximum atomic E-state index is 10.1. The minimum atomic E-state index is -0.00523. The van der Waals surface area contributed by atoms with Gasteiger partial charge in [-0.1, -0.05) is 6.92 Å². The summed E-state index contributed by atoms with van der Waals surface area (Å²) in [6, 6.07) is 0. The van der Waals surface area contributed by atoms with Crippen LogP contribution in [-0.4, -0.2) is 33.2 Å². The first kappa shape index (κ1) is 13.0. The number of hydrogen-bond acceptors (Lipinski definition) is 3. The van der Waals surface area contributed by atoms with E-state index in [1.165, 1.54) is 6.92 Å². The summed E-state index contributed by atoms with van der Waals surface area (Å²) in [5, 5.41) is 8.24. The summed E-state index contributed by atoms with van der Waals surface area (Å²) >= 11 is 0. The van der Waals surface area contributed by atoms with Crippen LogP contribution < -0.4 is 16.0 Å². The maximum absolute atomic E-state index is 10.1. The van der Waals surface area contributed by atoms with Crippen LogP contribution in [0.4, 0.5) is 0 Å². The Bertz CT molecular complexity index is 83.8. The highest BCUT2D eigenvalue weighted by Gasteiger charge is 1.82. The minimum Gasteiger partial charge on any atom is -0.344 e. The van der Waals surface area contributed by atoms with Gasteiger partial charge in [0.2, 0.25) is 5.91 Å². The van der Waals surface area contributed by atoms with Crippen molar-refractivity contribution in [3.05, 3.63) is 0 Å². The minimum absolute atomic E-state index is 0.00523. The second-order valence-electron chi connectivity index (χ2n) is 1.97. The smallest absolute Gasteiger partial charge is 0.217 e. The Labute approximate surface area is 68.7 Å². The molecule has 0 saturated heterocycles. The molecule has 11 heavy (non-hydrogen) atoms. The van der Waals surface area contributed by atoms with Gasteiger partial charge in [-0.2, -0.15) is 0 Å². The second-order valence-corrected chi connectivity index (χ2v) is 1.97. The van der Waals surface area contributed by atoms with E-state index in [4.69, 9.17) is 0 Å². The zero-order valence-corrected chi connectivity index (χ0v) is 7.82. The average Bonchev–Trinajstić information content (AvgIpc) is 2.01.